The molecule has 0 radical (unpaired) electrons. The van der Waals surface area contributed by atoms with Gasteiger partial charge in [-0.1, -0.05) is 71.5 Å². The summed E-state index contributed by atoms with van der Waals surface area (Å²) in [5, 5.41) is 0.356. The molecule has 3 aromatic carbocycles. The predicted octanol–water partition coefficient (Wildman–Crippen LogP) is 5.35. The number of halogens is 1. The number of nitrogens with zero attached hydrogens (tertiary/aromatic N) is 3. The van der Waals surface area contributed by atoms with Crippen molar-refractivity contribution in [2.75, 3.05) is 27.3 Å². The summed E-state index contributed by atoms with van der Waals surface area (Å²) in [6.45, 7) is 7.07. The molecule has 0 bridgehead atoms. The third-order valence-electron chi connectivity index (χ3n) is 7.51. The van der Waals surface area contributed by atoms with E-state index in [1.165, 1.54) is 11.3 Å². The molecule has 1 aliphatic rings. The number of allylic oxidation sites excluding steroid dienone is 1. The summed E-state index contributed by atoms with van der Waals surface area (Å²) in [7, 11) is 3.12. The Hall–Kier alpha value is -4.34. The highest BCUT2D eigenvalue weighted by atomic mass is 35.5. The van der Waals surface area contributed by atoms with E-state index in [0.29, 0.717) is 73.7 Å². The van der Waals surface area contributed by atoms with Crippen molar-refractivity contribution in [2.24, 2.45) is 4.99 Å². The number of para-hydroxylation sites is 1. The van der Waals surface area contributed by atoms with Crippen LogP contribution in [0, 0.1) is 0 Å². The zero-order valence-electron chi connectivity index (χ0n) is 25.3. The summed E-state index contributed by atoms with van der Waals surface area (Å²) in [4.78, 5) is 35.0. The summed E-state index contributed by atoms with van der Waals surface area (Å²) >= 11 is 7.92. The monoisotopic (exact) mass is 631 g/mol. The average molecular weight is 632 g/mol. The molecule has 1 atom stereocenters. The number of fused-ring (bicyclic) bond motifs is 1. The number of likely N-dealkylation sites (N-methyl/N-ethyl adjacent to an activating group) is 1. The number of ether oxygens (including phenoxy) is 3. The number of benzene rings is 3. The van der Waals surface area contributed by atoms with Crippen LogP contribution in [0.3, 0.4) is 0 Å². The van der Waals surface area contributed by atoms with Crippen LogP contribution >= 0.6 is 22.9 Å². The van der Waals surface area contributed by atoms with Crippen LogP contribution in [0.25, 0.3) is 6.08 Å². The lowest BCUT2D eigenvalue weighted by Gasteiger charge is -2.29. The lowest BCUT2D eigenvalue weighted by molar-refractivity contribution is -0.127. The van der Waals surface area contributed by atoms with Crippen molar-refractivity contribution in [3.05, 3.63) is 119 Å². The zero-order chi connectivity index (χ0) is 31.4. The Bertz CT molecular complexity index is 1890. The second kappa shape index (κ2) is 13.5. The van der Waals surface area contributed by atoms with Crippen LogP contribution in [-0.2, 0) is 11.4 Å². The Balaban J connectivity index is 1.62. The standard InChI is InChI=1S/C34H34ClN3O5S/c1-6-37(7-2)33(40)29-21(3)36-34-38(30(29)24-15-11-12-16-26(24)41-4)32(39)28(44-34)19-23-17-25(35)31(27(18-23)42-5)43-20-22-13-9-8-10-14-22/h8-19,30H,6-7,20H2,1-5H3/b28-19+/t30-/m1/s1. The minimum atomic E-state index is -0.718. The predicted molar refractivity (Wildman–Crippen MR) is 173 cm³/mol. The van der Waals surface area contributed by atoms with Gasteiger partial charge in [-0.3, -0.25) is 14.2 Å². The Morgan fingerprint density at radius 1 is 1.02 bits per heavy atom. The number of hydrogen-bond acceptors (Lipinski definition) is 7. The molecule has 228 valence electrons. The Morgan fingerprint density at radius 2 is 1.70 bits per heavy atom. The van der Waals surface area contributed by atoms with E-state index in [1.54, 1.807) is 41.9 Å². The molecule has 8 nitrogen and oxygen atoms in total. The molecule has 1 aliphatic heterocycles. The van der Waals surface area contributed by atoms with Gasteiger partial charge in [-0.25, -0.2) is 4.99 Å². The SMILES string of the molecule is CCN(CC)C(=O)C1=C(C)N=c2s/c(=C/c3cc(Cl)c(OCc4ccccc4)c(OC)c3)c(=O)n2[C@@H]1c1ccccc1OC. The summed E-state index contributed by atoms with van der Waals surface area (Å²) in [5.74, 6) is 1.28. The average Bonchev–Trinajstić information content (AvgIpc) is 3.34. The molecule has 5 rings (SSSR count). The minimum Gasteiger partial charge on any atom is -0.496 e. The number of rotatable bonds is 10. The van der Waals surface area contributed by atoms with E-state index in [0.717, 1.165) is 5.56 Å². The Kier molecular flexibility index (Phi) is 9.56. The van der Waals surface area contributed by atoms with Crippen molar-refractivity contribution >= 4 is 34.9 Å². The van der Waals surface area contributed by atoms with Crippen molar-refractivity contribution < 1.29 is 19.0 Å². The molecule has 2 heterocycles. The van der Waals surface area contributed by atoms with Gasteiger partial charge in [0.1, 0.15) is 18.4 Å². The maximum absolute atomic E-state index is 14.2. The fraction of sp³-hybridized carbons (Fsp3) is 0.265. The van der Waals surface area contributed by atoms with E-state index in [4.69, 9.17) is 30.8 Å². The first-order valence-electron chi connectivity index (χ1n) is 14.3. The summed E-state index contributed by atoms with van der Waals surface area (Å²) in [6.07, 6.45) is 1.75. The maximum Gasteiger partial charge on any atom is 0.271 e. The van der Waals surface area contributed by atoms with Crippen molar-refractivity contribution in [1.82, 2.24) is 9.47 Å². The van der Waals surface area contributed by atoms with Gasteiger partial charge in [0.15, 0.2) is 16.3 Å². The normalized spacial score (nSPS) is 14.6. The number of carbonyl (C=O) groups is 1. The Morgan fingerprint density at radius 3 is 2.39 bits per heavy atom. The lowest BCUT2D eigenvalue weighted by Crippen LogP contribution is -2.43. The first-order valence-corrected chi connectivity index (χ1v) is 15.5. The van der Waals surface area contributed by atoms with Gasteiger partial charge in [-0.2, -0.15) is 0 Å². The number of amides is 1. The van der Waals surface area contributed by atoms with Gasteiger partial charge in [0, 0.05) is 18.7 Å². The molecule has 1 aromatic heterocycles. The molecule has 0 fully saturated rings. The van der Waals surface area contributed by atoms with Gasteiger partial charge in [0.05, 0.1) is 35.0 Å². The van der Waals surface area contributed by atoms with E-state index in [9.17, 15) is 9.59 Å². The fourth-order valence-electron chi connectivity index (χ4n) is 5.31. The van der Waals surface area contributed by atoms with E-state index >= 15 is 0 Å². The molecular weight excluding hydrogens is 598 g/mol. The van der Waals surface area contributed by atoms with E-state index in [2.05, 4.69) is 0 Å². The van der Waals surface area contributed by atoms with Crippen LogP contribution in [-0.4, -0.2) is 42.7 Å². The van der Waals surface area contributed by atoms with Crippen LogP contribution < -0.4 is 29.1 Å². The number of carbonyl (C=O) groups excluding carboxylic acids is 1. The first-order chi connectivity index (χ1) is 21.3. The van der Waals surface area contributed by atoms with Crippen molar-refractivity contribution in [3.63, 3.8) is 0 Å². The minimum absolute atomic E-state index is 0.163. The van der Waals surface area contributed by atoms with E-state index in [1.807, 2.05) is 75.4 Å². The summed E-state index contributed by atoms with van der Waals surface area (Å²) in [6, 6.07) is 20.0. The lowest BCUT2D eigenvalue weighted by atomic mass is 9.94. The Labute approximate surface area is 265 Å². The number of methoxy groups -OCH3 is 2. The molecule has 0 saturated heterocycles. The van der Waals surface area contributed by atoms with Crippen LogP contribution in [0.1, 0.15) is 43.5 Å². The first kappa shape index (κ1) is 31.1. The topological polar surface area (TPSA) is 82.4 Å². The molecule has 0 spiro atoms. The second-order valence-electron chi connectivity index (χ2n) is 10.1. The molecule has 1 amide bonds. The number of hydrogen-bond donors (Lipinski definition) is 0. The quantitative estimate of drug-likeness (QED) is 0.236. The number of aromatic nitrogens is 1. The van der Waals surface area contributed by atoms with Gasteiger partial charge >= 0.3 is 0 Å². The molecule has 4 aromatic rings. The van der Waals surface area contributed by atoms with Crippen LogP contribution in [0.5, 0.6) is 17.2 Å². The van der Waals surface area contributed by atoms with E-state index < -0.39 is 6.04 Å². The highest BCUT2D eigenvalue weighted by Crippen LogP contribution is 2.38. The largest absolute Gasteiger partial charge is 0.496 e. The van der Waals surface area contributed by atoms with Gasteiger partial charge in [0.25, 0.3) is 11.5 Å². The fourth-order valence-corrected chi connectivity index (χ4v) is 6.63. The third-order valence-corrected chi connectivity index (χ3v) is 8.78. The third kappa shape index (κ3) is 6.02. The smallest absolute Gasteiger partial charge is 0.271 e. The molecular formula is C34H34ClN3O5S. The highest BCUT2D eigenvalue weighted by molar-refractivity contribution is 7.07. The molecule has 0 unspecified atom stereocenters. The van der Waals surface area contributed by atoms with Crippen LogP contribution in [0.15, 0.2) is 87.8 Å². The highest BCUT2D eigenvalue weighted by Gasteiger charge is 2.35. The van der Waals surface area contributed by atoms with Gasteiger partial charge < -0.3 is 19.1 Å². The summed E-state index contributed by atoms with van der Waals surface area (Å²) in [5.41, 5.74) is 3.10. The molecule has 0 aliphatic carbocycles. The van der Waals surface area contributed by atoms with Crippen LogP contribution in [0.2, 0.25) is 5.02 Å². The maximum atomic E-state index is 14.2. The molecule has 44 heavy (non-hydrogen) atoms. The van der Waals surface area contributed by atoms with Gasteiger partial charge in [-0.15, -0.1) is 0 Å². The zero-order valence-corrected chi connectivity index (χ0v) is 26.9. The molecule has 10 heteroatoms. The van der Waals surface area contributed by atoms with Crippen molar-refractivity contribution in [3.8, 4) is 17.2 Å². The molecule has 0 saturated carbocycles. The van der Waals surface area contributed by atoms with Crippen molar-refractivity contribution in [2.45, 2.75) is 33.4 Å². The van der Waals surface area contributed by atoms with Gasteiger partial charge in [0.2, 0.25) is 0 Å². The van der Waals surface area contributed by atoms with Crippen LogP contribution in [0.4, 0.5) is 0 Å². The number of thiazole rings is 1. The van der Waals surface area contributed by atoms with E-state index in [-0.39, 0.29) is 11.5 Å². The molecule has 0 N–H and O–H groups in total. The second-order valence-corrected chi connectivity index (χ2v) is 11.5. The van der Waals surface area contributed by atoms with Gasteiger partial charge in [-0.05, 0) is 56.2 Å². The van der Waals surface area contributed by atoms with Crippen molar-refractivity contribution in [1.29, 1.82) is 0 Å². The summed E-state index contributed by atoms with van der Waals surface area (Å²) < 4.78 is 19.3.